The number of hydrogen-bond donors (Lipinski definition) is 1. The van der Waals surface area contributed by atoms with Gasteiger partial charge in [0.25, 0.3) is 5.91 Å². The van der Waals surface area contributed by atoms with Gasteiger partial charge in [-0.1, -0.05) is 49.6 Å². The van der Waals surface area contributed by atoms with Crippen LogP contribution in [0, 0.1) is 0 Å². The van der Waals surface area contributed by atoms with Crippen LogP contribution >= 0.6 is 11.8 Å². The Labute approximate surface area is 171 Å². The van der Waals surface area contributed by atoms with Crippen LogP contribution in [-0.2, 0) is 4.79 Å². The molecule has 1 saturated heterocycles. The van der Waals surface area contributed by atoms with Gasteiger partial charge in [0.2, 0.25) is 0 Å². The molecule has 4 nitrogen and oxygen atoms in total. The molecule has 1 amide bonds. The molecule has 1 saturated carbocycles. The average molecular weight is 397 g/mol. The summed E-state index contributed by atoms with van der Waals surface area (Å²) in [7, 11) is 1.67. The molecule has 2 atom stereocenters. The summed E-state index contributed by atoms with van der Waals surface area (Å²) in [4.78, 5) is 15.5. The molecule has 4 rings (SSSR count). The fraction of sp³-hybridized carbons (Fsp3) is 0.435. The molecular weight excluding hydrogens is 368 g/mol. The second kappa shape index (κ2) is 8.91. The minimum Gasteiger partial charge on any atom is -0.497 e. The SMILES string of the molecule is COc1ccc(N2C(C(=O)NC3CCCCC3)SCC2c2ccccc2)cc1. The van der Waals surface area contributed by atoms with Crippen molar-refractivity contribution in [3.8, 4) is 5.75 Å². The van der Waals surface area contributed by atoms with Gasteiger partial charge in [-0.15, -0.1) is 11.8 Å². The van der Waals surface area contributed by atoms with Gasteiger partial charge in [-0.25, -0.2) is 0 Å². The third kappa shape index (κ3) is 4.14. The van der Waals surface area contributed by atoms with Crippen LogP contribution in [0.5, 0.6) is 5.75 Å². The lowest BCUT2D eigenvalue weighted by atomic mass is 9.95. The van der Waals surface area contributed by atoms with Gasteiger partial charge >= 0.3 is 0 Å². The Kier molecular flexibility index (Phi) is 6.10. The molecule has 1 heterocycles. The maximum atomic E-state index is 13.2. The number of benzene rings is 2. The Morgan fingerprint density at radius 1 is 1.04 bits per heavy atom. The molecular formula is C23H28N2O2S. The quantitative estimate of drug-likeness (QED) is 0.791. The first kappa shape index (κ1) is 19.2. The molecule has 0 radical (unpaired) electrons. The Hall–Kier alpha value is -2.14. The topological polar surface area (TPSA) is 41.6 Å². The lowest BCUT2D eigenvalue weighted by molar-refractivity contribution is -0.121. The number of methoxy groups -OCH3 is 1. The molecule has 2 aliphatic rings. The van der Waals surface area contributed by atoms with Crippen molar-refractivity contribution in [1.29, 1.82) is 0 Å². The number of thioether (sulfide) groups is 1. The third-order valence-corrected chi connectivity index (χ3v) is 7.00. The highest BCUT2D eigenvalue weighted by molar-refractivity contribution is 8.01. The van der Waals surface area contributed by atoms with E-state index >= 15 is 0 Å². The molecule has 28 heavy (non-hydrogen) atoms. The van der Waals surface area contributed by atoms with E-state index in [0.29, 0.717) is 6.04 Å². The van der Waals surface area contributed by atoms with Crippen LogP contribution in [0.4, 0.5) is 5.69 Å². The first-order chi connectivity index (χ1) is 13.8. The highest BCUT2D eigenvalue weighted by Gasteiger charge is 2.40. The molecule has 5 heteroatoms. The monoisotopic (exact) mass is 396 g/mol. The molecule has 0 spiro atoms. The molecule has 148 valence electrons. The predicted molar refractivity (Wildman–Crippen MR) is 116 cm³/mol. The van der Waals surface area contributed by atoms with Crippen molar-refractivity contribution in [1.82, 2.24) is 5.32 Å². The number of ether oxygens (including phenoxy) is 1. The van der Waals surface area contributed by atoms with E-state index in [2.05, 4.69) is 46.6 Å². The smallest absolute Gasteiger partial charge is 0.253 e. The molecule has 0 aromatic heterocycles. The van der Waals surface area contributed by atoms with Crippen molar-refractivity contribution in [2.24, 2.45) is 0 Å². The van der Waals surface area contributed by atoms with Gasteiger partial charge in [0, 0.05) is 17.5 Å². The zero-order valence-electron chi connectivity index (χ0n) is 16.3. The summed E-state index contributed by atoms with van der Waals surface area (Å²) >= 11 is 1.74. The number of hydrogen-bond acceptors (Lipinski definition) is 4. The molecule has 1 aliphatic heterocycles. The van der Waals surface area contributed by atoms with Gasteiger partial charge in [0.1, 0.15) is 5.75 Å². The fourth-order valence-electron chi connectivity index (χ4n) is 4.23. The number of amides is 1. The van der Waals surface area contributed by atoms with Crippen LogP contribution in [0.15, 0.2) is 54.6 Å². The number of carbonyl (C=O) groups is 1. The van der Waals surface area contributed by atoms with Crippen LogP contribution in [0.2, 0.25) is 0 Å². The minimum atomic E-state index is -0.208. The van der Waals surface area contributed by atoms with Crippen LogP contribution < -0.4 is 15.0 Å². The van der Waals surface area contributed by atoms with Gasteiger partial charge in [0.05, 0.1) is 13.2 Å². The lowest BCUT2D eigenvalue weighted by Gasteiger charge is -2.32. The van der Waals surface area contributed by atoms with Crippen molar-refractivity contribution in [2.45, 2.75) is 49.6 Å². The van der Waals surface area contributed by atoms with Gasteiger partial charge < -0.3 is 15.0 Å². The van der Waals surface area contributed by atoms with Gasteiger partial charge in [-0.2, -0.15) is 0 Å². The van der Waals surface area contributed by atoms with E-state index < -0.39 is 0 Å². The summed E-state index contributed by atoms with van der Waals surface area (Å²) in [6, 6.07) is 19.1. The third-order valence-electron chi connectivity index (χ3n) is 5.73. The second-order valence-electron chi connectivity index (χ2n) is 7.56. The van der Waals surface area contributed by atoms with E-state index in [1.807, 2.05) is 18.2 Å². The van der Waals surface area contributed by atoms with Crippen LogP contribution in [0.3, 0.4) is 0 Å². The summed E-state index contributed by atoms with van der Waals surface area (Å²) in [6.07, 6.45) is 5.94. The maximum Gasteiger partial charge on any atom is 0.253 e. The first-order valence-electron chi connectivity index (χ1n) is 10.2. The van der Waals surface area contributed by atoms with E-state index in [-0.39, 0.29) is 17.3 Å². The van der Waals surface area contributed by atoms with E-state index in [1.54, 1.807) is 18.9 Å². The Balaban J connectivity index is 1.59. The summed E-state index contributed by atoms with van der Waals surface area (Å²) in [5, 5.41) is 3.12. The van der Waals surface area contributed by atoms with Gasteiger partial charge in [0.15, 0.2) is 5.37 Å². The van der Waals surface area contributed by atoms with E-state index in [4.69, 9.17) is 4.74 Å². The second-order valence-corrected chi connectivity index (χ2v) is 8.67. The summed E-state index contributed by atoms with van der Waals surface area (Å²) in [6.45, 7) is 0. The number of nitrogens with zero attached hydrogens (tertiary/aromatic N) is 1. The van der Waals surface area contributed by atoms with Gasteiger partial charge in [-0.05, 0) is 42.7 Å². The lowest BCUT2D eigenvalue weighted by Crippen LogP contribution is -2.47. The molecule has 2 fully saturated rings. The van der Waals surface area contributed by atoms with Crippen LogP contribution in [-0.4, -0.2) is 30.2 Å². The Bertz CT molecular complexity index is 775. The van der Waals surface area contributed by atoms with Crippen molar-refractivity contribution >= 4 is 23.4 Å². The Morgan fingerprint density at radius 3 is 2.43 bits per heavy atom. The number of rotatable bonds is 5. The predicted octanol–water partition coefficient (Wildman–Crippen LogP) is 4.76. The molecule has 2 aromatic carbocycles. The fourth-order valence-corrected chi connectivity index (χ4v) is 5.60. The van der Waals surface area contributed by atoms with Crippen molar-refractivity contribution in [3.63, 3.8) is 0 Å². The number of nitrogens with one attached hydrogen (secondary N) is 1. The van der Waals surface area contributed by atoms with Crippen molar-refractivity contribution < 1.29 is 9.53 Å². The van der Waals surface area contributed by atoms with Crippen molar-refractivity contribution in [3.05, 3.63) is 60.2 Å². The maximum absolute atomic E-state index is 13.2. The number of anilines is 1. The highest BCUT2D eigenvalue weighted by atomic mass is 32.2. The normalized spacial score (nSPS) is 22.8. The Morgan fingerprint density at radius 2 is 1.75 bits per heavy atom. The highest BCUT2D eigenvalue weighted by Crippen LogP contribution is 2.42. The summed E-state index contributed by atoms with van der Waals surface area (Å²) in [5.74, 6) is 1.87. The zero-order valence-corrected chi connectivity index (χ0v) is 17.2. The molecule has 1 N–H and O–H groups in total. The van der Waals surface area contributed by atoms with Crippen LogP contribution in [0.25, 0.3) is 0 Å². The van der Waals surface area contributed by atoms with E-state index in [1.165, 1.54) is 24.8 Å². The largest absolute Gasteiger partial charge is 0.497 e. The molecule has 2 aromatic rings. The van der Waals surface area contributed by atoms with Crippen molar-refractivity contribution in [2.75, 3.05) is 17.8 Å². The summed E-state index contributed by atoms with van der Waals surface area (Å²) in [5.41, 5.74) is 2.31. The van der Waals surface area contributed by atoms with Crippen LogP contribution in [0.1, 0.15) is 43.7 Å². The summed E-state index contributed by atoms with van der Waals surface area (Å²) < 4.78 is 5.32. The van der Waals surface area contributed by atoms with E-state index in [0.717, 1.165) is 30.0 Å². The molecule has 2 unspecified atom stereocenters. The molecule has 0 bridgehead atoms. The first-order valence-corrected chi connectivity index (χ1v) is 11.2. The number of carbonyl (C=O) groups excluding carboxylic acids is 1. The molecule has 1 aliphatic carbocycles. The van der Waals surface area contributed by atoms with Gasteiger partial charge in [-0.3, -0.25) is 4.79 Å². The standard InChI is InChI=1S/C23H28N2O2S/c1-27-20-14-12-19(13-15-20)25-21(17-8-4-2-5-9-17)16-28-23(25)22(26)24-18-10-6-3-7-11-18/h2,4-5,8-9,12-15,18,21,23H,3,6-7,10-11,16H2,1H3,(H,24,26). The van der Waals surface area contributed by atoms with E-state index in [9.17, 15) is 4.79 Å². The average Bonchev–Trinajstić information content (AvgIpc) is 3.20. The minimum absolute atomic E-state index is 0.145. The zero-order chi connectivity index (χ0) is 19.3.